The van der Waals surface area contributed by atoms with Gasteiger partial charge in [-0.2, -0.15) is 0 Å². The van der Waals surface area contributed by atoms with Crippen LogP contribution < -0.4 is 10.6 Å². The van der Waals surface area contributed by atoms with Crippen molar-refractivity contribution in [2.75, 3.05) is 24.5 Å². The third-order valence-corrected chi connectivity index (χ3v) is 3.78. The fraction of sp³-hybridized carbons (Fsp3) is 0.667. The van der Waals surface area contributed by atoms with Crippen molar-refractivity contribution in [2.24, 2.45) is 5.73 Å². The fourth-order valence-electron chi connectivity index (χ4n) is 2.56. The number of rotatable bonds is 11. The molecule has 0 saturated carbocycles. The van der Waals surface area contributed by atoms with Crippen LogP contribution in [0.1, 0.15) is 57.4 Å². The molecule has 2 nitrogen and oxygen atoms in total. The van der Waals surface area contributed by atoms with E-state index in [1.54, 1.807) is 0 Å². The highest BCUT2D eigenvalue weighted by molar-refractivity contribution is 5.48. The van der Waals surface area contributed by atoms with Crippen LogP contribution in [0.2, 0.25) is 0 Å². The molecule has 0 atom stereocenters. The highest BCUT2D eigenvalue weighted by atomic mass is 15.1. The van der Waals surface area contributed by atoms with Gasteiger partial charge in [0.1, 0.15) is 0 Å². The van der Waals surface area contributed by atoms with E-state index >= 15 is 0 Å². The molecule has 1 rings (SSSR count). The van der Waals surface area contributed by atoms with E-state index in [9.17, 15) is 0 Å². The van der Waals surface area contributed by atoms with E-state index in [0.29, 0.717) is 0 Å². The van der Waals surface area contributed by atoms with Crippen molar-refractivity contribution >= 4 is 5.69 Å². The maximum Gasteiger partial charge on any atom is 0.0368 e. The van der Waals surface area contributed by atoms with Gasteiger partial charge < -0.3 is 10.6 Å². The summed E-state index contributed by atoms with van der Waals surface area (Å²) in [6.45, 7) is 7.45. The van der Waals surface area contributed by atoms with Crippen LogP contribution in [0.3, 0.4) is 0 Å². The third kappa shape index (κ3) is 6.95. The summed E-state index contributed by atoms with van der Waals surface area (Å²) in [5.74, 6) is 0. The minimum Gasteiger partial charge on any atom is -0.371 e. The van der Waals surface area contributed by atoms with Crippen molar-refractivity contribution in [1.29, 1.82) is 0 Å². The van der Waals surface area contributed by atoms with Gasteiger partial charge in [-0.3, -0.25) is 0 Å². The summed E-state index contributed by atoms with van der Waals surface area (Å²) in [6, 6.07) is 8.82. The maximum atomic E-state index is 5.67. The van der Waals surface area contributed by atoms with Gasteiger partial charge in [-0.15, -0.1) is 0 Å². The Morgan fingerprint density at radius 3 is 2.35 bits per heavy atom. The largest absolute Gasteiger partial charge is 0.371 e. The molecule has 2 heteroatoms. The quantitative estimate of drug-likeness (QED) is 0.602. The maximum absolute atomic E-state index is 5.67. The lowest BCUT2D eigenvalue weighted by atomic mass is 10.1. The van der Waals surface area contributed by atoms with Crippen molar-refractivity contribution in [2.45, 2.75) is 58.8 Å². The van der Waals surface area contributed by atoms with Crippen LogP contribution in [0.4, 0.5) is 5.69 Å². The van der Waals surface area contributed by atoms with Crippen molar-refractivity contribution < 1.29 is 0 Å². The van der Waals surface area contributed by atoms with Gasteiger partial charge in [0.2, 0.25) is 0 Å². The number of nitrogens with zero attached hydrogens (tertiary/aromatic N) is 1. The summed E-state index contributed by atoms with van der Waals surface area (Å²) in [5.41, 5.74) is 8.36. The molecule has 0 spiro atoms. The molecule has 114 valence electrons. The van der Waals surface area contributed by atoms with E-state index in [4.69, 9.17) is 5.73 Å². The highest BCUT2D eigenvalue weighted by Crippen LogP contribution is 2.17. The SMILES string of the molecule is CCCCCCCCN(CCCN)c1cccc(C)c1. The van der Waals surface area contributed by atoms with Crippen molar-refractivity contribution in [3.05, 3.63) is 29.8 Å². The van der Waals surface area contributed by atoms with E-state index < -0.39 is 0 Å². The lowest BCUT2D eigenvalue weighted by Gasteiger charge is -2.25. The monoisotopic (exact) mass is 276 g/mol. The summed E-state index contributed by atoms with van der Waals surface area (Å²) >= 11 is 0. The molecular formula is C18H32N2. The van der Waals surface area contributed by atoms with Gasteiger partial charge >= 0.3 is 0 Å². The average Bonchev–Trinajstić information content (AvgIpc) is 2.45. The predicted octanol–water partition coefficient (Wildman–Crippen LogP) is 4.51. The molecule has 0 aliphatic rings. The van der Waals surface area contributed by atoms with Gasteiger partial charge in [0.25, 0.3) is 0 Å². The van der Waals surface area contributed by atoms with E-state index in [1.165, 1.54) is 49.8 Å². The van der Waals surface area contributed by atoms with Gasteiger partial charge in [0.15, 0.2) is 0 Å². The van der Waals surface area contributed by atoms with Gasteiger partial charge in [-0.1, -0.05) is 51.2 Å². The molecule has 1 aromatic rings. The van der Waals surface area contributed by atoms with E-state index in [2.05, 4.69) is 43.0 Å². The molecule has 0 amide bonds. The number of nitrogens with two attached hydrogens (primary N) is 1. The first-order valence-corrected chi connectivity index (χ1v) is 8.29. The lowest BCUT2D eigenvalue weighted by Crippen LogP contribution is -2.27. The second-order valence-electron chi connectivity index (χ2n) is 5.74. The minimum atomic E-state index is 0.777. The zero-order chi connectivity index (χ0) is 14.6. The average molecular weight is 276 g/mol. The second kappa shape index (κ2) is 10.7. The summed E-state index contributed by atoms with van der Waals surface area (Å²) in [7, 11) is 0. The Morgan fingerprint density at radius 1 is 0.950 bits per heavy atom. The number of anilines is 1. The molecule has 0 aromatic heterocycles. The highest BCUT2D eigenvalue weighted by Gasteiger charge is 2.05. The molecule has 0 radical (unpaired) electrons. The molecule has 1 aromatic carbocycles. The molecule has 0 aliphatic carbocycles. The third-order valence-electron chi connectivity index (χ3n) is 3.78. The normalized spacial score (nSPS) is 10.8. The summed E-state index contributed by atoms with van der Waals surface area (Å²) in [5, 5.41) is 0. The molecule has 0 fully saturated rings. The zero-order valence-electron chi connectivity index (χ0n) is 13.4. The van der Waals surface area contributed by atoms with Crippen LogP contribution in [0, 0.1) is 6.92 Å². The summed E-state index contributed by atoms with van der Waals surface area (Å²) in [6.07, 6.45) is 9.20. The summed E-state index contributed by atoms with van der Waals surface area (Å²) in [4.78, 5) is 2.50. The molecule has 2 N–H and O–H groups in total. The standard InChI is InChI=1S/C18H32N2/c1-3-4-5-6-7-8-14-20(15-10-13-19)18-12-9-11-17(2)16-18/h9,11-12,16H,3-8,10,13-15,19H2,1-2H3. The Kier molecular flexibility index (Phi) is 9.14. The van der Waals surface area contributed by atoms with Crippen molar-refractivity contribution in [3.8, 4) is 0 Å². The number of hydrogen-bond donors (Lipinski definition) is 1. The van der Waals surface area contributed by atoms with Crippen molar-refractivity contribution in [3.63, 3.8) is 0 Å². The zero-order valence-corrected chi connectivity index (χ0v) is 13.4. The van der Waals surface area contributed by atoms with Gasteiger partial charge in [0.05, 0.1) is 0 Å². The first-order valence-electron chi connectivity index (χ1n) is 8.29. The lowest BCUT2D eigenvalue weighted by molar-refractivity contribution is 0.595. The van der Waals surface area contributed by atoms with Gasteiger partial charge in [-0.25, -0.2) is 0 Å². The van der Waals surface area contributed by atoms with Crippen LogP contribution in [-0.2, 0) is 0 Å². The molecule has 0 heterocycles. The van der Waals surface area contributed by atoms with Crippen LogP contribution in [0.15, 0.2) is 24.3 Å². The van der Waals surface area contributed by atoms with Crippen LogP contribution in [0.25, 0.3) is 0 Å². The van der Waals surface area contributed by atoms with E-state index in [0.717, 1.165) is 26.1 Å². The Labute approximate surface area is 125 Å². The fourth-order valence-corrected chi connectivity index (χ4v) is 2.56. The molecule has 20 heavy (non-hydrogen) atoms. The van der Waals surface area contributed by atoms with Gasteiger partial charge in [0, 0.05) is 18.8 Å². The molecular weight excluding hydrogens is 244 g/mol. The predicted molar refractivity (Wildman–Crippen MR) is 90.4 cm³/mol. The summed E-state index contributed by atoms with van der Waals surface area (Å²) < 4.78 is 0. The number of aryl methyl sites for hydroxylation is 1. The molecule has 0 saturated heterocycles. The van der Waals surface area contributed by atoms with E-state index in [-0.39, 0.29) is 0 Å². The first-order chi connectivity index (χ1) is 9.77. The van der Waals surface area contributed by atoms with Crippen LogP contribution >= 0.6 is 0 Å². The first kappa shape index (κ1) is 17.0. The molecule has 0 unspecified atom stereocenters. The number of benzene rings is 1. The number of hydrogen-bond acceptors (Lipinski definition) is 2. The second-order valence-corrected chi connectivity index (χ2v) is 5.74. The Bertz CT molecular complexity index is 349. The smallest absolute Gasteiger partial charge is 0.0368 e. The topological polar surface area (TPSA) is 29.3 Å². The Morgan fingerprint density at radius 2 is 1.65 bits per heavy atom. The minimum absolute atomic E-state index is 0.777. The molecule has 0 aliphatic heterocycles. The van der Waals surface area contributed by atoms with Gasteiger partial charge in [-0.05, 0) is 44.0 Å². The van der Waals surface area contributed by atoms with Crippen LogP contribution in [-0.4, -0.2) is 19.6 Å². The van der Waals surface area contributed by atoms with E-state index in [1.807, 2.05) is 0 Å². The Hall–Kier alpha value is -1.02. The molecule has 0 bridgehead atoms. The van der Waals surface area contributed by atoms with Crippen LogP contribution in [0.5, 0.6) is 0 Å². The van der Waals surface area contributed by atoms with Crippen molar-refractivity contribution in [1.82, 2.24) is 0 Å². The number of unbranched alkanes of at least 4 members (excludes halogenated alkanes) is 5. The Balaban J connectivity index is 2.40.